The third-order valence-corrected chi connectivity index (χ3v) is 4.88. The first kappa shape index (κ1) is 19.4. The van der Waals surface area contributed by atoms with Gasteiger partial charge in [0.15, 0.2) is 11.3 Å². The Kier molecular flexibility index (Phi) is 5.51. The molecule has 142 valence electrons. The molecule has 0 unspecified atom stereocenters. The Bertz CT molecular complexity index is 1010. The van der Waals surface area contributed by atoms with Crippen LogP contribution in [0.15, 0.2) is 28.9 Å². The molecule has 0 saturated carbocycles. The summed E-state index contributed by atoms with van der Waals surface area (Å²) in [5, 5.41) is 3.37. The van der Waals surface area contributed by atoms with Crippen molar-refractivity contribution in [3.05, 3.63) is 62.8 Å². The summed E-state index contributed by atoms with van der Waals surface area (Å²) >= 11 is 3.49. The number of hydrogen-bond donors (Lipinski definition) is 1. The Morgan fingerprint density at radius 2 is 1.93 bits per heavy atom. The summed E-state index contributed by atoms with van der Waals surface area (Å²) in [6.45, 7) is 8.15. The average molecular weight is 434 g/mol. The fourth-order valence-electron chi connectivity index (χ4n) is 3.20. The second kappa shape index (κ2) is 7.68. The molecule has 1 aromatic carbocycles. The van der Waals surface area contributed by atoms with E-state index in [4.69, 9.17) is 4.74 Å². The molecule has 5 nitrogen and oxygen atoms in total. The van der Waals surface area contributed by atoms with Crippen LogP contribution >= 0.6 is 15.9 Å². The molecule has 0 radical (unpaired) electrons. The maximum absolute atomic E-state index is 13.5. The Morgan fingerprint density at radius 3 is 2.56 bits per heavy atom. The summed E-state index contributed by atoms with van der Waals surface area (Å²) in [6, 6.07) is 4.96. The Hall–Kier alpha value is -2.41. The SMILES string of the molecule is CCOC(=O)c1c(C)nc2c(NCc3c(C)cc(F)cc3C)cc(Br)cn12. The van der Waals surface area contributed by atoms with Gasteiger partial charge in [-0.15, -0.1) is 0 Å². The van der Waals surface area contributed by atoms with E-state index in [2.05, 4.69) is 26.2 Å². The van der Waals surface area contributed by atoms with Gasteiger partial charge in [-0.3, -0.25) is 4.40 Å². The lowest BCUT2D eigenvalue weighted by molar-refractivity contribution is 0.0517. The molecule has 3 aromatic rings. The van der Waals surface area contributed by atoms with Gasteiger partial charge in [0.05, 0.1) is 18.0 Å². The lowest BCUT2D eigenvalue weighted by atomic mass is 10.0. The predicted octanol–water partition coefficient (Wildman–Crippen LogP) is 4.95. The van der Waals surface area contributed by atoms with Crippen LogP contribution < -0.4 is 5.32 Å². The van der Waals surface area contributed by atoms with Gasteiger partial charge < -0.3 is 10.1 Å². The highest BCUT2D eigenvalue weighted by Gasteiger charge is 2.20. The zero-order valence-electron chi connectivity index (χ0n) is 15.7. The van der Waals surface area contributed by atoms with Crippen molar-refractivity contribution in [1.82, 2.24) is 9.38 Å². The molecular weight excluding hydrogens is 413 g/mol. The van der Waals surface area contributed by atoms with Crippen LogP contribution in [0.25, 0.3) is 5.65 Å². The first-order valence-electron chi connectivity index (χ1n) is 8.66. The first-order chi connectivity index (χ1) is 12.8. The minimum absolute atomic E-state index is 0.235. The number of rotatable bonds is 5. The number of anilines is 1. The molecule has 7 heteroatoms. The molecule has 0 bridgehead atoms. The Labute approximate surface area is 165 Å². The quantitative estimate of drug-likeness (QED) is 0.578. The second-order valence-corrected chi connectivity index (χ2v) is 7.32. The van der Waals surface area contributed by atoms with E-state index in [1.165, 1.54) is 12.1 Å². The monoisotopic (exact) mass is 433 g/mol. The summed E-state index contributed by atoms with van der Waals surface area (Å²) in [4.78, 5) is 16.9. The number of carbonyl (C=O) groups excluding carboxylic acids is 1. The van der Waals surface area contributed by atoms with Gasteiger partial charge in [0.25, 0.3) is 0 Å². The molecule has 0 aliphatic heterocycles. The van der Waals surface area contributed by atoms with Gasteiger partial charge in [0.2, 0.25) is 0 Å². The second-order valence-electron chi connectivity index (χ2n) is 6.40. The number of imidazole rings is 1. The molecule has 2 heterocycles. The van der Waals surface area contributed by atoms with E-state index in [-0.39, 0.29) is 5.82 Å². The van der Waals surface area contributed by atoms with Crippen molar-refractivity contribution in [2.45, 2.75) is 34.2 Å². The number of esters is 1. The van der Waals surface area contributed by atoms with Crippen molar-refractivity contribution in [2.75, 3.05) is 11.9 Å². The molecule has 27 heavy (non-hydrogen) atoms. The number of ether oxygens (including phenoxy) is 1. The van der Waals surface area contributed by atoms with Gasteiger partial charge >= 0.3 is 5.97 Å². The van der Waals surface area contributed by atoms with E-state index in [0.717, 1.165) is 26.9 Å². The molecule has 0 spiro atoms. The van der Waals surface area contributed by atoms with Gasteiger partial charge in [-0.05, 0) is 78.5 Å². The molecule has 2 aromatic heterocycles. The number of aromatic nitrogens is 2. The molecule has 1 N–H and O–H groups in total. The molecule has 3 rings (SSSR count). The highest BCUT2D eigenvalue weighted by Crippen LogP contribution is 2.26. The minimum atomic E-state index is -0.406. The van der Waals surface area contributed by atoms with Crippen LogP contribution in [-0.4, -0.2) is 22.0 Å². The lowest BCUT2D eigenvalue weighted by Gasteiger charge is -2.13. The van der Waals surface area contributed by atoms with Crippen molar-refractivity contribution in [2.24, 2.45) is 0 Å². The summed E-state index contributed by atoms with van der Waals surface area (Å²) in [5.41, 5.74) is 5.22. The maximum Gasteiger partial charge on any atom is 0.357 e. The molecule has 0 saturated heterocycles. The number of nitrogens with one attached hydrogen (secondary N) is 1. The molecule has 0 fully saturated rings. The zero-order chi connectivity index (χ0) is 19.7. The minimum Gasteiger partial charge on any atom is -0.461 e. The summed E-state index contributed by atoms with van der Waals surface area (Å²) in [6.07, 6.45) is 1.79. The van der Waals surface area contributed by atoms with Gasteiger partial charge in [-0.25, -0.2) is 14.2 Å². The van der Waals surface area contributed by atoms with Crippen molar-refractivity contribution in [1.29, 1.82) is 0 Å². The van der Waals surface area contributed by atoms with E-state index in [1.54, 1.807) is 24.4 Å². The van der Waals surface area contributed by atoms with E-state index in [0.29, 0.717) is 30.2 Å². The number of benzene rings is 1. The largest absolute Gasteiger partial charge is 0.461 e. The number of hydrogen-bond acceptors (Lipinski definition) is 4. The molecule has 0 atom stereocenters. The van der Waals surface area contributed by atoms with Crippen LogP contribution in [0.4, 0.5) is 10.1 Å². The fraction of sp³-hybridized carbons (Fsp3) is 0.300. The van der Waals surface area contributed by atoms with Crippen molar-refractivity contribution in [3.63, 3.8) is 0 Å². The Balaban J connectivity index is 2.01. The van der Waals surface area contributed by atoms with Crippen LogP contribution in [0.2, 0.25) is 0 Å². The van der Waals surface area contributed by atoms with Gasteiger partial charge in [0.1, 0.15) is 5.82 Å². The van der Waals surface area contributed by atoms with E-state index in [1.807, 2.05) is 19.9 Å². The van der Waals surface area contributed by atoms with Crippen LogP contribution in [0.5, 0.6) is 0 Å². The molecule has 0 aliphatic carbocycles. The van der Waals surface area contributed by atoms with Crippen LogP contribution in [-0.2, 0) is 11.3 Å². The average Bonchev–Trinajstić information content (AvgIpc) is 2.89. The smallest absolute Gasteiger partial charge is 0.357 e. The normalized spacial score (nSPS) is 11.0. The number of carbonyl (C=O) groups is 1. The third-order valence-electron chi connectivity index (χ3n) is 4.45. The molecular formula is C20H21BrFN3O2. The zero-order valence-corrected chi connectivity index (χ0v) is 17.3. The van der Waals surface area contributed by atoms with Gasteiger partial charge in [0, 0.05) is 17.2 Å². The summed E-state index contributed by atoms with van der Waals surface area (Å²) in [7, 11) is 0. The highest BCUT2D eigenvalue weighted by atomic mass is 79.9. The first-order valence-corrected chi connectivity index (χ1v) is 9.46. The van der Waals surface area contributed by atoms with Crippen LogP contribution in [0, 0.1) is 26.6 Å². The van der Waals surface area contributed by atoms with Gasteiger partial charge in [-0.2, -0.15) is 0 Å². The van der Waals surface area contributed by atoms with Crippen molar-refractivity contribution in [3.8, 4) is 0 Å². The van der Waals surface area contributed by atoms with Gasteiger partial charge in [-0.1, -0.05) is 0 Å². The van der Waals surface area contributed by atoms with E-state index >= 15 is 0 Å². The number of fused-ring (bicyclic) bond motifs is 1. The topological polar surface area (TPSA) is 55.6 Å². The fourth-order valence-corrected chi connectivity index (χ4v) is 3.64. The van der Waals surface area contributed by atoms with Crippen LogP contribution in [0.1, 0.15) is 39.8 Å². The number of aryl methyl sites for hydroxylation is 3. The standard InChI is InChI=1S/C20H21BrFN3O2/c1-5-27-20(26)18-13(4)24-19-17(8-14(21)10-25(18)19)23-9-16-11(2)6-15(22)7-12(16)3/h6-8,10,23H,5,9H2,1-4H3. The highest BCUT2D eigenvalue weighted by molar-refractivity contribution is 9.10. The third kappa shape index (κ3) is 3.83. The lowest BCUT2D eigenvalue weighted by Crippen LogP contribution is -2.10. The number of halogens is 2. The predicted molar refractivity (Wildman–Crippen MR) is 107 cm³/mol. The maximum atomic E-state index is 13.5. The summed E-state index contributed by atoms with van der Waals surface area (Å²) < 4.78 is 21.2. The van der Waals surface area contributed by atoms with Crippen molar-refractivity contribution < 1.29 is 13.9 Å². The van der Waals surface area contributed by atoms with E-state index < -0.39 is 5.97 Å². The van der Waals surface area contributed by atoms with Crippen molar-refractivity contribution >= 4 is 33.2 Å². The molecule has 0 amide bonds. The number of pyridine rings is 1. The van der Waals surface area contributed by atoms with Crippen LogP contribution in [0.3, 0.4) is 0 Å². The summed E-state index contributed by atoms with van der Waals surface area (Å²) in [5.74, 6) is -0.640. The van der Waals surface area contributed by atoms with E-state index in [9.17, 15) is 9.18 Å². The molecule has 0 aliphatic rings. The Morgan fingerprint density at radius 1 is 1.26 bits per heavy atom. The number of nitrogens with zero attached hydrogens (tertiary/aromatic N) is 2.